The number of rotatable bonds is 3. The molecule has 16 heavy (non-hydrogen) atoms. The third-order valence-corrected chi connectivity index (χ3v) is 2.58. The molecule has 0 aliphatic heterocycles. The first-order valence-corrected chi connectivity index (χ1v) is 4.92. The van der Waals surface area contributed by atoms with Crippen LogP contribution < -0.4 is 5.56 Å². The van der Waals surface area contributed by atoms with E-state index in [1.54, 1.807) is 18.2 Å². The van der Waals surface area contributed by atoms with Crippen molar-refractivity contribution >= 4 is 12.0 Å². The fourth-order valence-corrected chi connectivity index (χ4v) is 1.86. The van der Waals surface area contributed by atoms with E-state index in [2.05, 4.69) is 6.58 Å². The summed E-state index contributed by atoms with van der Waals surface area (Å²) in [7, 11) is 0. The molecule has 82 valence electrons. The van der Waals surface area contributed by atoms with E-state index in [1.807, 2.05) is 0 Å². The van der Waals surface area contributed by atoms with E-state index in [1.165, 1.54) is 10.8 Å². The molecule has 0 aromatic carbocycles. The zero-order valence-corrected chi connectivity index (χ0v) is 8.64. The lowest BCUT2D eigenvalue weighted by molar-refractivity contribution is 0.0695. The number of pyridine rings is 1. The highest BCUT2D eigenvalue weighted by Crippen LogP contribution is 2.20. The largest absolute Gasteiger partial charge is 0.478 e. The standard InChI is InChI=1S/C12H11NO3/c1-2-6-13-7-10(12(15)16)8-4-3-5-9(8)11(13)14/h2-4,7H,1,5-6H2,(H,15,16). The molecule has 1 aliphatic rings. The highest BCUT2D eigenvalue weighted by molar-refractivity contribution is 5.93. The number of nitrogens with zero attached hydrogens (tertiary/aromatic N) is 1. The number of allylic oxidation sites excluding steroid dienone is 2. The van der Waals surface area contributed by atoms with Crippen molar-refractivity contribution < 1.29 is 9.90 Å². The van der Waals surface area contributed by atoms with Crippen LogP contribution in [0, 0.1) is 0 Å². The zero-order valence-electron chi connectivity index (χ0n) is 8.64. The summed E-state index contributed by atoms with van der Waals surface area (Å²) >= 11 is 0. The zero-order chi connectivity index (χ0) is 11.7. The van der Waals surface area contributed by atoms with E-state index in [0.717, 1.165) is 0 Å². The second kappa shape index (κ2) is 3.81. The smallest absolute Gasteiger partial charge is 0.337 e. The van der Waals surface area contributed by atoms with Crippen molar-refractivity contribution in [3.63, 3.8) is 0 Å². The van der Waals surface area contributed by atoms with Gasteiger partial charge in [0.1, 0.15) is 0 Å². The maximum Gasteiger partial charge on any atom is 0.337 e. The van der Waals surface area contributed by atoms with E-state index in [4.69, 9.17) is 5.11 Å². The van der Waals surface area contributed by atoms with E-state index in [9.17, 15) is 9.59 Å². The summed E-state index contributed by atoms with van der Waals surface area (Å²) in [5, 5.41) is 9.06. The topological polar surface area (TPSA) is 59.3 Å². The molecule has 0 saturated carbocycles. The molecule has 0 saturated heterocycles. The van der Waals surface area contributed by atoms with Gasteiger partial charge in [-0.15, -0.1) is 6.58 Å². The molecule has 0 unspecified atom stereocenters. The van der Waals surface area contributed by atoms with Crippen LogP contribution >= 0.6 is 0 Å². The Kier molecular flexibility index (Phi) is 2.48. The van der Waals surface area contributed by atoms with Crippen LogP contribution in [0.4, 0.5) is 0 Å². The Morgan fingerprint density at radius 3 is 3.00 bits per heavy atom. The van der Waals surface area contributed by atoms with E-state index in [-0.39, 0.29) is 11.1 Å². The fourth-order valence-electron chi connectivity index (χ4n) is 1.86. The lowest BCUT2D eigenvalue weighted by Crippen LogP contribution is -2.25. The minimum Gasteiger partial charge on any atom is -0.478 e. The molecule has 0 radical (unpaired) electrons. The Balaban J connectivity index is 2.71. The van der Waals surface area contributed by atoms with Gasteiger partial charge in [-0.3, -0.25) is 4.79 Å². The van der Waals surface area contributed by atoms with Crippen molar-refractivity contribution in [2.24, 2.45) is 0 Å². The van der Waals surface area contributed by atoms with Gasteiger partial charge in [-0.2, -0.15) is 0 Å². The number of aromatic nitrogens is 1. The Labute approximate surface area is 92.1 Å². The number of carbonyl (C=O) groups is 1. The van der Waals surface area contributed by atoms with Crippen LogP contribution in [0.3, 0.4) is 0 Å². The number of hydrogen-bond acceptors (Lipinski definition) is 2. The lowest BCUT2D eigenvalue weighted by Gasteiger charge is -2.08. The fraction of sp³-hybridized carbons (Fsp3) is 0.167. The minimum atomic E-state index is -1.01. The quantitative estimate of drug-likeness (QED) is 0.776. The second-order valence-corrected chi connectivity index (χ2v) is 3.59. The van der Waals surface area contributed by atoms with Crippen LogP contribution in [0.1, 0.15) is 21.5 Å². The summed E-state index contributed by atoms with van der Waals surface area (Å²) in [6.45, 7) is 3.87. The average molecular weight is 217 g/mol. The van der Waals surface area contributed by atoms with Crippen LogP contribution in [0.2, 0.25) is 0 Å². The van der Waals surface area contributed by atoms with Gasteiger partial charge in [0.2, 0.25) is 0 Å². The predicted molar refractivity (Wildman–Crippen MR) is 60.6 cm³/mol. The third kappa shape index (κ3) is 1.48. The number of fused-ring (bicyclic) bond motifs is 1. The van der Waals surface area contributed by atoms with Crippen LogP contribution in [-0.4, -0.2) is 15.6 Å². The highest BCUT2D eigenvalue weighted by Gasteiger charge is 2.19. The number of carboxylic acids is 1. The van der Waals surface area contributed by atoms with Crippen LogP contribution in [0.15, 0.2) is 29.7 Å². The van der Waals surface area contributed by atoms with Gasteiger partial charge in [0, 0.05) is 18.3 Å². The molecular formula is C12H11NO3. The summed E-state index contributed by atoms with van der Waals surface area (Å²) in [4.78, 5) is 23.0. The first-order valence-electron chi connectivity index (χ1n) is 4.92. The van der Waals surface area contributed by atoms with Gasteiger partial charge < -0.3 is 9.67 Å². The monoisotopic (exact) mass is 217 g/mol. The van der Waals surface area contributed by atoms with Gasteiger partial charge in [-0.05, 0) is 12.0 Å². The minimum absolute atomic E-state index is 0.134. The Morgan fingerprint density at radius 2 is 2.38 bits per heavy atom. The average Bonchev–Trinajstić information content (AvgIpc) is 2.71. The number of hydrogen-bond donors (Lipinski definition) is 1. The van der Waals surface area contributed by atoms with Crippen molar-refractivity contribution in [1.82, 2.24) is 4.57 Å². The van der Waals surface area contributed by atoms with E-state index < -0.39 is 5.97 Å². The van der Waals surface area contributed by atoms with E-state index in [0.29, 0.717) is 24.1 Å². The third-order valence-electron chi connectivity index (χ3n) is 2.58. The van der Waals surface area contributed by atoms with Gasteiger partial charge in [0.05, 0.1) is 5.56 Å². The molecule has 1 heterocycles. The maximum atomic E-state index is 11.9. The summed E-state index contributed by atoms with van der Waals surface area (Å²) in [5.41, 5.74) is 1.13. The lowest BCUT2D eigenvalue weighted by atomic mass is 10.1. The molecule has 2 rings (SSSR count). The second-order valence-electron chi connectivity index (χ2n) is 3.59. The molecule has 4 nitrogen and oxygen atoms in total. The van der Waals surface area contributed by atoms with Crippen molar-refractivity contribution in [2.75, 3.05) is 0 Å². The van der Waals surface area contributed by atoms with Gasteiger partial charge in [-0.1, -0.05) is 18.2 Å². The van der Waals surface area contributed by atoms with Crippen LogP contribution in [-0.2, 0) is 13.0 Å². The molecule has 4 heteroatoms. The molecule has 0 bridgehead atoms. The Hall–Kier alpha value is -2.10. The van der Waals surface area contributed by atoms with Crippen LogP contribution in [0.25, 0.3) is 6.08 Å². The molecule has 0 spiro atoms. The van der Waals surface area contributed by atoms with Crippen molar-refractivity contribution in [3.8, 4) is 0 Å². The molecule has 1 aliphatic carbocycles. The first-order chi connectivity index (χ1) is 7.65. The first kappa shape index (κ1) is 10.4. The number of carboxylic acid groups (broad SMARTS) is 1. The molecule has 0 atom stereocenters. The van der Waals surface area contributed by atoms with Crippen LogP contribution in [0.5, 0.6) is 0 Å². The predicted octanol–water partition coefficient (Wildman–Crippen LogP) is 1.30. The van der Waals surface area contributed by atoms with E-state index >= 15 is 0 Å². The Bertz CT molecular complexity index is 552. The van der Waals surface area contributed by atoms with Crippen molar-refractivity contribution in [1.29, 1.82) is 0 Å². The molecule has 1 aromatic heterocycles. The van der Waals surface area contributed by atoms with Crippen molar-refractivity contribution in [2.45, 2.75) is 13.0 Å². The summed E-state index contributed by atoms with van der Waals surface area (Å²) in [6.07, 6.45) is 6.95. The highest BCUT2D eigenvalue weighted by atomic mass is 16.4. The van der Waals surface area contributed by atoms with Crippen molar-refractivity contribution in [3.05, 3.63) is 52.0 Å². The number of aromatic carboxylic acids is 1. The summed E-state index contributed by atoms with van der Waals surface area (Å²) < 4.78 is 1.38. The van der Waals surface area contributed by atoms with Gasteiger partial charge in [0.15, 0.2) is 0 Å². The van der Waals surface area contributed by atoms with Gasteiger partial charge >= 0.3 is 5.97 Å². The molecule has 0 fully saturated rings. The summed E-state index contributed by atoms with van der Waals surface area (Å²) in [5.74, 6) is -1.01. The maximum absolute atomic E-state index is 11.9. The SMILES string of the molecule is C=CCn1cc(C(=O)O)c2c(c1=O)CC=C2. The molecule has 1 aromatic rings. The normalized spacial score (nSPS) is 12.5. The Morgan fingerprint density at radius 1 is 1.62 bits per heavy atom. The summed E-state index contributed by atoms with van der Waals surface area (Å²) in [6, 6.07) is 0. The van der Waals surface area contributed by atoms with Gasteiger partial charge in [0.25, 0.3) is 5.56 Å². The molecular weight excluding hydrogens is 206 g/mol. The molecule has 0 amide bonds. The van der Waals surface area contributed by atoms with Gasteiger partial charge in [-0.25, -0.2) is 4.79 Å². The molecule has 1 N–H and O–H groups in total.